The van der Waals surface area contributed by atoms with E-state index in [-0.39, 0.29) is 6.54 Å². The lowest BCUT2D eigenvalue weighted by Gasteiger charge is -1.99. The smallest absolute Gasteiger partial charge is 0.408 e. The fourth-order valence-electron chi connectivity index (χ4n) is 1.35. The molecular formula is C9H9N3O3. The lowest BCUT2D eigenvalue weighted by Crippen LogP contribution is -2.35. The second kappa shape index (κ2) is 3.58. The zero-order valence-corrected chi connectivity index (χ0v) is 7.77. The number of nitrogens with one attached hydrogen (secondary N) is 1. The van der Waals surface area contributed by atoms with Crippen LogP contribution in [0, 0.1) is 0 Å². The molecule has 3 N–H and O–H groups in total. The Bertz CT molecular complexity index is 555. The number of hydrogen-bond donors (Lipinski definition) is 2. The van der Waals surface area contributed by atoms with Crippen molar-refractivity contribution < 1.29 is 9.21 Å². The highest BCUT2D eigenvalue weighted by Crippen LogP contribution is 2.10. The van der Waals surface area contributed by atoms with Crippen LogP contribution in [0.15, 0.2) is 33.5 Å². The molecule has 0 atom stereocenters. The summed E-state index contributed by atoms with van der Waals surface area (Å²) in [6.07, 6.45) is 0. The number of hydrazine groups is 1. The molecule has 2 rings (SSSR count). The van der Waals surface area contributed by atoms with Crippen LogP contribution in [0.4, 0.5) is 0 Å². The Balaban J connectivity index is 2.54. The van der Waals surface area contributed by atoms with E-state index in [0.717, 1.165) is 0 Å². The Hall–Kier alpha value is -2.08. The first-order valence-electron chi connectivity index (χ1n) is 4.30. The summed E-state index contributed by atoms with van der Waals surface area (Å²) >= 11 is 0. The molecule has 0 aliphatic heterocycles. The first kappa shape index (κ1) is 9.47. The number of fused-ring (bicyclic) bond motifs is 1. The number of rotatable bonds is 2. The van der Waals surface area contributed by atoms with Crippen LogP contribution in [0.1, 0.15) is 0 Å². The molecule has 6 nitrogen and oxygen atoms in total. The summed E-state index contributed by atoms with van der Waals surface area (Å²) in [6.45, 7) is -0.146. The number of benzene rings is 1. The number of carbonyl (C=O) groups is 1. The third-order valence-electron chi connectivity index (χ3n) is 2.04. The minimum Gasteiger partial charge on any atom is -0.408 e. The molecule has 1 aromatic carbocycles. The Morgan fingerprint density at radius 2 is 2.20 bits per heavy atom. The maximum Gasteiger partial charge on any atom is 0.420 e. The highest BCUT2D eigenvalue weighted by Gasteiger charge is 2.10. The molecule has 1 aromatic heterocycles. The second-order valence-corrected chi connectivity index (χ2v) is 2.99. The molecule has 0 saturated carbocycles. The Morgan fingerprint density at radius 1 is 1.47 bits per heavy atom. The van der Waals surface area contributed by atoms with Crippen molar-refractivity contribution in [3.05, 3.63) is 34.8 Å². The average Bonchev–Trinajstić information content (AvgIpc) is 2.55. The molecule has 78 valence electrons. The van der Waals surface area contributed by atoms with Crippen molar-refractivity contribution in [2.45, 2.75) is 6.54 Å². The summed E-state index contributed by atoms with van der Waals surface area (Å²) in [6, 6.07) is 6.87. The fourth-order valence-corrected chi connectivity index (χ4v) is 1.35. The standard InChI is InChI=1S/C9H9N3O3/c10-11-8(13)5-12-6-3-1-2-4-7(6)15-9(12)14/h1-4H,5,10H2,(H,11,13). The number of para-hydroxylation sites is 2. The van der Waals surface area contributed by atoms with Gasteiger partial charge in [0.05, 0.1) is 5.52 Å². The van der Waals surface area contributed by atoms with Crippen LogP contribution < -0.4 is 17.0 Å². The number of hydrogen-bond acceptors (Lipinski definition) is 4. The molecule has 1 amide bonds. The average molecular weight is 207 g/mol. The van der Waals surface area contributed by atoms with Crippen molar-refractivity contribution in [1.82, 2.24) is 9.99 Å². The monoisotopic (exact) mass is 207 g/mol. The predicted molar refractivity (Wildman–Crippen MR) is 52.8 cm³/mol. The number of nitrogens with two attached hydrogens (primary N) is 1. The fraction of sp³-hybridized carbons (Fsp3) is 0.111. The molecule has 0 bridgehead atoms. The van der Waals surface area contributed by atoms with Crippen LogP contribution in [0.3, 0.4) is 0 Å². The lowest BCUT2D eigenvalue weighted by atomic mass is 10.3. The third kappa shape index (κ3) is 1.62. The second-order valence-electron chi connectivity index (χ2n) is 2.99. The van der Waals surface area contributed by atoms with Gasteiger partial charge in [0.25, 0.3) is 5.91 Å². The van der Waals surface area contributed by atoms with E-state index in [0.29, 0.717) is 11.1 Å². The maximum atomic E-state index is 11.4. The van der Waals surface area contributed by atoms with Gasteiger partial charge >= 0.3 is 5.76 Å². The van der Waals surface area contributed by atoms with Crippen molar-refractivity contribution in [3.63, 3.8) is 0 Å². The van der Waals surface area contributed by atoms with Gasteiger partial charge in [0, 0.05) is 0 Å². The quantitative estimate of drug-likeness (QED) is 0.397. The van der Waals surface area contributed by atoms with Gasteiger partial charge in [0.2, 0.25) is 0 Å². The maximum absolute atomic E-state index is 11.4. The van der Waals surface area contributed by atoms with E-state index in [1.54, 1.807) is 24.3 Å². The minimum atomic E-state index is -0.570. The largest absolute Gasteiger partial charge is 0.420 e. The van der Waals surface area contributed by atoms with E-state index in [1.807, 2.05) is 5.43 Å². The lowest BCUT2D eigenvalue weighted by molar-refractivity contribution is -0.121. The van der Waals surface area contributed by atoms with Crippen molar-refractivity contribution in [2.75, 3.05) is 0 Å². The topological polar surface area (TPSA) is 90.3 Å². The molecule has 0 spiro atoms. The van der Waals surface area contributed by atoms with Gasteiger partial charge in [-0.1, -0.05) is 12.1 Å². The normalized spacial score (nSPS) is 10.5. The van der Waals surface area contributed by atoms with Crippen LogP contribution in [0.25, 0.3) is 11.1 Å². The van der Waals surface area contributed by atoms with Gasteiger partial charge in [-0.3, -0.25) is 14.8 Å². The molecule has 6 heteroatoms. The number of oxazole rings is 1. The van der Waals surface area contributed by atoms with Crippen molar-refractivity contribution in [3.8, 4) is 0 Å². The predicted octanol–water partition coefficient (Wildman–Crippen LogP) is -0.416. The summed E-state index contributed by atoms with van der Waals surface area (Å²) in [5.74, 6) is 3.91. The van der Waals surface area contributed by atoms with E-state index >= 15 is 0 Å². The van der Waals surface area contributed by atoms with Gasteiger partial charge < -0.3 is 4.42 Å². The van der Waals surface area contributed by atoms with Crippen LogP contribution in [-0.4, -0.2) is 10.5 Å². The minimum absolute atomic E-state index is 0.146. The summed E-state index contributed by atoms with van der Waals surface area (Å²) < 4.78 is 6.15. The molecule has 0 aliphatic rings. The highest BCUT2D eigenvalue weighted by molar-refractivity contribution is 5.78. The van der Waals surface area contributed by atoms with E-state index in [1.165, 1.54) is 4.57 Å². The summed E-state index contributed by atoms with van der Waals surface area (Å²) in [4.78, 5) is 22.4. The molecule has 2 aromatic rings. The van der Waals surface area contributed by atoms with Gasteiger partial charge in [-0.25, -0.2) is 10.6 Å². The SMILES string of the molecule is NNC(=O)Cn1c(=O)oc2ccccc21. The van der Waals surface area contributed by atoms with E-state index in [2.05, 4.69) is 0 Å². The third-order valence-corrected chi connectivity index (χ3v) is 2.04. The molecular weight excluding hydrogens is 198 g/mol. The van der Waals surface area contributed by atoms with Crippen LogP contribution in [-0.2, 0) is 11.3 Å². The van der Waals surface area contributed by atoms with Gasteiger partial charge in [-0.15, -0.1) is 0 Å². The zero-order chi connectivity index (χ0) is 10.8. The summed E-state index contributed by atoms with van der Waals surface area (Å²) in [5.41, 5.74) is 2.98. The van der Waals surface area contributed by atoms with E-state index in [4.69, 9.17) is 10.3 Å². The first-order chi connectivity index (χ1) is 7.22. The molecule has 0 radical (unpaired) electrons. The molecule has 1 heterocycles. The zero-order valence-electron chi connectivity index (χ0n) is 7.77. The van der Waals surface area contributed by atoms with Crippen molar-refractivity contribution in [2.24, 2.45) is 5.84 Å². The van der Waals surface area contributed by atoms with Crippen LogP contribution in [0.2, 0.25) is 0 Å². The van der Waals surface area contributed by atoms with E-state index < -0.39 is 11.7 Å². The highest BCUT2D eigenvalue weighted by atomic mass is 16.4. The number of nitrogens with zero attached hydrogens (tertiary/aromatic N) is 1. The molecule has 0 unspecified atom stereocenters. The molecule has 0 aliphatic carbocycles. The van der Waals surface area contributed by atoms with Crippen LogP contribution >= 0.6 is 0 Å². The molecule has 15 heavy (non-hydrogen) atoms. The van der Waals surface area contributed by atoms with Gasteiger partial charge in [-0.05, 0) is 12.1 Å². The van der Waals surface area contributed by atoms with E-state index in [9.17, 15) is 9.59 Å². The summed E-state index contributed by atoms with van der Waals surface area (Å²) in [7, 11) is 0. The van der Waals surface area contributed by atoms with Gasteiger partial charge in [-0.2, -0.15) is 0 Å². The Labute approximate surface area is 84.2 Å². The number of aromatic nitrogens is 1. The first-order valence-corrected chi connectivity index (χ1v) is 4.30. The van der Waals surface area contributed by atoms with Crippen molar-refractivity contribution >= 4 is 17.0 Å². The summed E-state index contributed by atoms with van der Waals surface area (Å²) in [5, 5.41) is 0. The Morgan fingerprint density at radius 3 is 2.93 bits per heavy atom. The molecule has 0 saturated heterocycles. The van der Waals surface area contributed by atoms with Crippen LogP contribution in [0.5, 0.6) is 0 Å². The van der Waals surface area contributed by atoms with Gasteiger partial charge in [0.15, 0.2) is 5.58 Å². The Kier molecular flexibility index (Phi) is 2.26. The number of carbonyl (C=O) groups excluding carboxylic acids is 1. The van der Waals surface area contributed by atoms with Gasteiger partial charge in [0.1, 0.15) is 6.54 Å². The molecule has 0 fully saturated rings. The van der Waals surface area contributed by atoms with Crippen molar-refractivity contribution in [1.29, 1.82) is 0 Å². The number of amides is 1.